The van der Waals surface area contributed by atoms with E-state index in [0.717, 1.165) is 49.1 Å². The highest BCUT2D eigenvalue weighted by atomic mass is 32.1. The Morgan fingerprint density at radius 3 is 2.85 bits per heavy atom. The Morgan fingerprint density at radius 1 is 1.30 bits per heavy atom. The topological polar surface area (TPSA) is 38.2 Å². The lowest BCUT2D eigenvalue weighted by Crippen LogP contribution is -2.35. The molecule has 3 heterocycles. The molecule has 0 atom stereocenters. The lowest BCUT2D eigenvalue weighted by atomic mass is 9.98. The summed E-state index contributed by atoms with van der Waals surface area (Å²) in [6.45, 7) is 4.95. The first-order chi connectivity index (χ1) is 9.83. The zero-order chi connectivity index (χ0) is 13.8. The first kappa shape index (κ1) is 13.4. The van der Waals surface area contributed by atoms with Crippen LogP contribution in [0.1, 0.15) is 18.4 Å². The van der Waals surface area contributed by atoms with Crippen molar-refractivity contribution in [2.24, 2.45) is 5.92 Å². The highest BCUT2D eigenvalue weighted by Gasteiger charge is 2.21. The maximum absolute atomic E-state index is 5.86. The molecular weight excluding hydrogens is 270 g/mol. The highest BCUT2D eigenvalue weighted by Crippen LogP contribution is 2.25. The molecule has 2 aromatic rings. The molecule has 1 aliphatic heterocycles. The van der Waals surface area contributed by atoms with E-state index < -0.39 is 0 Å². The van der Waals surface area contributed by atoms with Crippen LogP contribution in [0, 0.1) is 12.8 Å². The van der Waals surface area contributed by atoms with Gasteiger partial charge in [0.1, 0.15) is 0 Å². The van der Waals surface area contributed by atoms with Crippen molar-refractivity contribution in [3.8, 4) is 5.88 Å². The first-order valence-electron chi connectivity index (χ1n) is 7.02. The van der Waals surface area contributed by atoms with Gasteiger partial charge in [0.25, 0.3) is 0 Å². The quantitative estimate of drug-likeness (QED) is 0.866. The highest BCUT2D eigenvalue weighted by molar-refractivity contribution is 7.13. The van der Waals surface area contributed by atoms with E-state index in [1.54, 1.807) is 17.5 Å². The molecule has 0 aromatic carbocycles. The van der Waals surface area contributed by atoms with Gasteiger partial charge in [-0.15, -0.1) is 11.3 Å². The number of hydrogen-bond acceptors (Lipinski definition) is 5. The van der Waals surface area contributed by atoms with E-state index in [1.165, 1.54) is 0 Å². The number of aromatic nitrogens is 2. The molecule has 0 bridgehead atoms. The number of piperidine rings is 1. The van der Waals surface area contributed by atoms with E-state index in [9.17, 15) is 0 Å². The lowest BCUT2D eigenvalue weighted by Gasteiger charge is -2.31. The molecule has 0 radical (unpaired) electrons. The summed E-state index contributed by atoms with van der Waals surface area (Å²) in [4.78, 5) is 11.0. The number of aryl methyl sites for hydroxylation is 1. The molecule has 0 saturated carbocycles. The number of pyridine rings is 1. The third-order valence-electron chi connectivity index (χ3n) is 3.72. The summed E-state index contributed by atoms with van der Waals surface area (Å²) in [7, 11) is 0. The third-order valence-corrected chi connectivity index (χ3v) is 4.55. The minimum atomic E-state index is 0.618. The van der Waals surface area contributed by atoms with Crippen molar-refractivity contribution in [2.45, 2.75) is 19.8 Å². The Bertz CT molecular complexity index is 536. The lowest BCUT2D eigenvalue weighted by molar-refractivity contribution is 0.215. The summed E-state index contributed by atoms with van der Waals surface area (Å²) in [6, 6.07) is 3.97. The standard InChI is InChI=1S/C15H19N3OS/c1-12-3-2-6-16-14(12)19-11-13-4-8-18(9-5-13)15-17-7-10-20-15/h2-3,6-7,10,13H,4-5,8-9,11H2,1H3. The second-order valence-electron chi connectivity index (χ2n) is 5.18. The fraction of sp³-hybridized carbons (Fsp3) is 0.467. The normalized spacial score (nSPS) is 16.4. The summed E-state index contributed by atoms with van der Waals surface area (Å²) in [5, 5.41) is 3.18. The van der Waals surface area contributed by atoms with Crippen LogP contribution >= 0.6 is 11.3 Å². The van der Waals surface area contributed by atoms with Gasteiger partial charge in [-0.3, -0.25) is 0 Å². The Balaban J connectivity index is 1.48. The predicted molar refractivity (Wildman–Crippen MR) is 81.5 cm³/mol. The molecule has 0 spiro atoms. The molecule has 0 amide bonds. The molecule has 0 N–H and O–H groups in total. The average Bonchev–Trinajstić information content (AvgIpc) is 3.01. The van der Waals surface area contributed by atoms with Crippen LogP contribution in [0.15, 0.2) is 29.9 Å². The summed E-state index contributed by atoms with van der Waals surface area (Å²) >= 11 is 1.72. The predicted octanol–water partition coefficient (Wildman–Crippen LogP) is 3.14. The molecule has 20 heavy (non-hydrogen) atoms. The van der Waals surface area contributed by atoms with Gasteiger partial charge in [0.05, 0.1) is 6.61 Å². The Kier molecular flexibility index (Phi) is 4.16. The fourth-order valence-corrected chi connectivity index (χ4v) is 3.18. The van der Waals surface area contributed by atoms with Gasteiger partial charge in [0.15, 0.2) is 5.13 Å². The maximum atomic E-state index is 5.86. The van der Waals surface area contributed by atoms with Gasteiger partial charge in [0, 0.05) is 36.4 Å². The van der Waals surface area contributed by atoms with Gasteiger partial charge in [-0.25, -0.2) is 9.97 Å². The number of thiazole rings is 1. The molecule has 1 aliphatic rings. The fourth-order valence-electron chi connectivity index (χ4n) is 2.48. The van der Waals surface area contributed by atoms with E-state index in [4.69, 9.17) is 4.74 Å². The summed E-state index contributed by atoms with van der Waals surface area (Å²) in [6.07, 6.45) is 5.98. The van der Waals surface area contributed by atoms with Gasteiger partial charge in [0.2, 0.25) is 5.88 Å². The molecule has 4 nitrogen and oxygen atoms in total. The summed E-state index contributed by atoms with van der Waals surface area (Å²) < 4.78 is 5.86. The van der Waals surface area contributed by atoms with Crippen LogP contribution in [0.5, 0.6) is 5.88 Å². The average molecular weight is 289 g/mol. The van der Waals surface area contributed by atoms with Gasteiger partial charge < -0.3 is 9.64 Å². The van der Waals surface area contributed by atoms with Crippen molar-refractivity contribution in [1.29, 1.82) is 0 Å². The van der Waals surface area contributed by atoms with Gasteiger partial charge in [-0.2, -0.15) is 0 Å². The maximum Gasteiger partial charge on any atom is 0.216 e. The second kappa shape index (κ2) is 6.22. The number of hydrogen-bond donors (Lipinski definition) is 0. The van der Waals surface area contributed by atoms with E-state index >= 15 is 0 Å². The number of anilines is 1. The summed E-state index contributed by atoms with van der Waals surface area (Å²) in [5.41, 5.74) is 1.10. The molecule has 1 fully saturated rings. The van der Waals surface area contributed by atoms with Crippen molar-refractivity contribution < 1.29 is 4.74 Å². The monoisotopic (exact) mass is 289 g/mol. The Hall–Kier alpha value is -1.62. The van der Waals surface area contributed by atoms with Crippen molar-refractivity contribution >= 4 is 16.5 Å². The van der Waals surface area contributed by atoms with Crippen LogP contribution in [0.3, 0.4) is 0 Å². The van der Waals surface area contributed by atoms with Crippen molar-refractivity contribution in [3.05, 3.63) is 35.5 Å². The van der Waals surface area contributed by atoms with Crippen LogP contribution in [0.25, 0.3) is 0 Å². The van der Waals surface area contributed by atoms with Gasteiger partial charge in [-0.05, 0) is 31.7 Å². The number of rotatable bonds is 4. The largest absolute Gasteiger partial charge is 0.477 e. The zero-order valence-corrected chi connectivity index (χ0v) is 12.5. The second-order valence-corrected chi connectivity index (χ2v) is 6.05. The minimum Gasteiger partial charge on any atom is -0.477 e. The van der Waals surface area contributed by atoms with Gasteiger partial charge in [-0.1, -0.05) is 6.07 Å². The van der Waals surface area contributed by atoms with Crippen molar-refractivity contribution in [3.63, 3.8) is 0 Å². The first-order valence-corrected chi connectivity index (χ1v) is 7.90. The molecule has 3 rings (SSSR count). The van der Waals surface area contributed by atoms with Crippen LogP contribution in [0.4, 0.5) is 5.13 Å². The third kappa shape index (κ3) is 3.10. The zero-order valence-electron chi connectivity index (χ0n) is 11.7. The smallest absolute Gasteiger partial charge is 0.216 e. The van der Waals surface area contributed by atoms with E-state index in [-0.39, 0.29) is 0 Å². The van der Waals surface area contributed by atoms with Crippen molar-refractivity contribution in [2.75, 3.05) is 24.6 Å². The molecule has 0 unspecified atom stereocenters. The Labute approximate surface area is 123 Å². The van der Waals surface area contributed by atoms with Crippen LogP contribution in [-0.4, -0.2) is 29.7 Å². The van der Waals surface area contributed by atoms with E-state index in [0.29, 0.717) is 5.92 Å². The van der Waals surface area contributed by atoms with E-state index in [1.807, 2.05) is 30.6 Å². The summed E-state index contributed by atoms with van der Waals surface area (Å²) in [5.74, 6) is 1.39. The van der Waals surface area contributed by atoms with Crippen LogP contribution in [-0.2, 0) is 0 Å². The van der Waals surface area contributed by atoms with Crippen LogP contribution < -0.4 is 9.64 Å². The molecular formula is C15H19N3OS. The van der Waals surface area contributed by atoms with Crippen LogP contribution in [0.2, 0.25) is 0 Å². The molecule has 1 saturated heterocycles. The van der Waals surface area contributed by atoms with Gasteiger partial charge >= 0.3 is 0 Å². The van der Waals surface area contributed by atoms with E-state index in [2.05, 4.69) is 14.9 Å². The number of ether oxygens (including phenoxy) is 1. The minimum absolute atomic E-state index is 0.618. The van der Waals surface area contributed by atoms with Crippen molar-refractivity contribution in [1.82, 2.24) is 9.97 Å². The number of nitrogens with zero attached hydrogens (tertiary/aromatic N) is 3. The SMILES string of the molecule is Cc1cccnc1OCC1CCN(c2nccs2)CC1. The molecule has 5 heteroatoms. The molecule has 2 aromatic heterocycles. The molecule has 0 aliphatic carbocycles. The molecule has 106 valence electrons. The Morgan fingerprint density at radius 2 is 2.15 bits per heavy atom.